The molecule has 0 heterocycles. The van der Waals surface area contributed by atoms with Gasteiger partial charge in [-0.1, -0.05) is 60.7 Å². The molecule has 0 fully saturated rings. The summed E-state index contributed by atoms with van der Waals surface area (Å²) in [4.78, 5) is 9.57. The van der Waals surface area contributed by atoms with Crippen LogP contribution in [0.3, 0.4) is 0 Å². The van der Waals surface area contributed by atoms with Crippen molar-refractivity contribution in [2.24, 2.45) is 0 Å². The van der Waals surface area contributed by atoms with E-state index in [1.807, 2.05) is 36.4 Å². The quantitative estimate of drug-likeness (QED) is 0.658. The average molecular weight is 222 g/mol. The summed E-state index contributed by atoms with van der Waals surface area (Å²) in [5, 5.41) is 0. The zero-order valence-electron chi connectivity index (χ0n) is 10.5. The van der Waals surface area contributed by atoms with Crippen LogP contribution in [0, 0.1) is 0 Å². The molecule has 2 aromatic rings. The van der Waals surface area contributed by atoms with E-state index in [0.29, 0.717) is 0 Å². The first-order valence-corrected chi connectivity index (χ1v) is 6.57. The molecule has 0 unspecified atom stereocenters. The van der Waals surface area contributed by atoms with Gasteiger partial charge in [0.25, 0.3) is 0 Å². The Balaban J connectivity index is 0.00000128. The van der Waals surface area contributed by atoms with Gasteiger partial charge in [-0.3, -0.25) is 0 Å². The molecule has 0 aliphatic rings. The first-order chi connectivity index (χ1) is 7.42. The fourth-order valence-corrected chi connectivity index (χ4v) is 2.74. The van der Waals surface area contributed by atoms with Gasteiger partial charge in [-0.15, -0.1) is 0 Å². The van der Waals surface area contributed by atoms with Gasteiger partial charge in [-0.2, -0.15) is 0 Å². The van der Waals surface area contributed by atoms with Gasteiger partial charge < -0.3 is 6.22 Å². The van der Waals surface area contributed by atoms with E-state index >= 15 is 0 Å². The maximum Gasteiger partial charge on any atom is 1.00 e. The van der Waals surface area contributed by atoms with E-state index in [0.717, 1.165) is 0 Å². The minimum Gasteiger partial charge on any atom is -1.00 e. The molecule has 0 aliphatic heterocycles. The second-order valence-electron chi connectivity index (χ2n) is 3.56. The van der Waals surface area contributed by atoms with Crippen LogP contribution in [-0.2, 0) is 0 Å². The first kappa shape index (κ1) is 13.3. The molecule has 0 atom stereocenters. The predicted molar refractivity (Wildman–Crippen MR) is 66.6 cm³/mol. The summed E-state index contributed by atoms with van der Waals surface area (Å²) in [5.41, 5.74) is 2.67. The molecule has 0 saturated carbocycles. The van der Waals surface area contributed by atoms with Crippen LogP contribution in [0.15, 0.2) is 60.7 Å². The molecule has 0 radical (unpaired) electrons. The topological polar surface area (TPSA) is 20.2 Å². The Morgan fingerprint density at radius 1 is 0.812 bits per heavy atom. The van der Waals surface area contributed by atoms with Gasteiger partial charge in [0.05, 0.1) is 0 Å². The van der Waals surface area contributed by atoms with Crippen LogP contribution < -0.4 is 18.9 Å². The van der Waals surface area contributed by atoms with Crippen LogP contribution >= 0.6 is 0 Å². The van der Waals surface area contributed by atoms with Gasteiger partial charge in [-0.25, -0.2) is 0 Å². The Labute approximate surface area is 112 Å². The fraction of sp³-hybridized carbons (Fsp3) is 0.0769. The molecule has 1 nitrogen and oxygen atoms in total. The zero-order valence-corrected chi connectivity index (χ0v) is 10.9. The molecule has 2 rings (SSSR count). The normalized spacial score (nSPS) is 10.6. The van der Waals surface area contributed by atoms with Crippen molar-refractivity contribution >= 4 is 9.76 Å². The second-order valence-corrected chi connectivity index (χ2v) is 4.74. The van der Waals surface area contributed by atoms with Crippen LogP contribution in [0.4, 0.5) is 0 Å². The van der Waals surface area contributed by atoms with Gasteiger partial charge in [0, 0.05) is 5.54 Å². The number of hydrogen-bond donors (Lipinski definition) is 1. The van der Waals surface area contributed by atoms with Crippen molar-refractivity contribution in [3.05, 3.63) is 71.8 Å². The van der Waals surface area contributed by atoms with Crippen LogP contribution in [0.5, 0.6) is 0 Å². The van der Waals surface area contributed by atoms with Gasteiger partial charge in [0.15, 0.2) is 9.76 Å². The summed E-state index contributed by atoms with van der Waals surface area (Å²) in [6.07, 6.45) is 0. The maximum atomic E-state index is 9.57. The smallest absolute Gasteiger partial charge is 1.00 e. The maximum absolute atomic E-state index is 9.57. The Morgan fingerprint density at radius 3 is 1.50 bits per heavy atom. The van der Waals surface area contributed by atoms with E-state index in [4.69, 9.17) is 0 Å². The molecule has 0 aliphatic carbocycles. The number of benzene rings is 2. The van der Waals surface area contributed by atoms with Crippen LogP contribution in [0.25, 0.3) is 0 Å². The average Bonchev–Trinajstić information content (AvgIpc) is 2.33. The zero-order chi connectivity index (χ0) is 10.5. The van der Waals surface area contributed by atoms with Crippen molar-refractivity contribution in [1.29, 1.82) is 0 Å². The molecule has 0 amide bonds. The van der Waals surface area contributed by atoms with Gasteiger partial charge in [0.2, 0.25) is 0 Å². The van der Waals surface area contributed by atoms with Gasteiger partial charge in [-0.05, 0) is 11.1 Å². The molecule has 1 N–H and O–H groups in total. The molecule has 78 valence electrons. The summed E-state index contributed by atoms with van der Waals surface area (Å²) in [6.45, 7) is 0. The third kappa shape index (κ3) is 3.10. The SMILES string of the molecule is O[SiH2]C(c1ccccc1)c1ccccc1.[H-].[Li+]. The van der Waals surface area contributed by atoms with Gasteiger partial charge >= 0.3 is 18.9 Å². The minimum atomic E-state index is -1.07. The van der Waals surface area contributed by atoms with Crippen LogP contribution in [0.1, 0.15) is 18.1 Å². The molecular weight excluding hydrogens is 207 g/mol. The van der Waals surface area contributed by atoms with Crippen molar-refractivity contribution in [3.8, 4) is 0 Å². The molecule has 3 heteroatoms. The summed E-state index contributed by atoms with van der Waals surface area (Å²) < 4.78 is 0. The van der Waals surface area contributed by atoms with E-state index < -0.39 is 9.76 Å². The molecule has 0 bridgehead atoms. The Morgan fingerprint density at radius 2 is 1.19 bits per heavy atom. The largest absolute Gasteiger partial charge is 1.00 e. The van der Waals surface area contributed by atoms with Crippen molar-refractivity contribution < 1.29 is 25.1 Å². The molecular formula is C13H15LiOSi. The van der Waals surface area contributed by atoms with Crippen molar-refractivity contribution in [2.75, 3.05) is 0 Å². The first-order valence-electron chi connectivity index (χ1n) is 5.12. The van der Waals surface area contributed by atoms with Crippen LogP contribution in [-0.4, -0.2) is 14.6 Å². The van der Waals surface area contributed by atoms with Crippen molar-refractivity contribution in [2.45, 2.75) is 5.54 Å². The van der Waals surface area contributed by atoms with Gasteiger partial charge in [0.1, 0.15) is 0 Å². The van der Waals surface area contributed by atoms with Crippen LogP contribution in [0.2, 0.25) is 0 Å². The third-order valence-electron chi connectivity index (χ3n) is 2.59. The predicted octanol–water partition coefficient (Wildman–Crippen LogP) is -1.03. The molecule has 16 heavy (non-hydrogen) atoms. The van der Waals surface area contributed by atoms with E-state index in [1.165, 1.54) is 11.1 Å². The Kier molecular flexibility index (Phi) is 5.58. The van der Waals surface area contributed by atoms with Crippen molar-refractivity contribution in [1.82, 2.24) is 0 Å². The second kappa shape index (κ2) is 6.72. The number of rotatable bonds is 3. The summed E-state index contributed by atoms with van der Waals surface area (Å²) in [5.74, 6) is 0. The summed E-state index contributed by atoms with van der Waals surface area (Å²) in [7, 11) is -1.07. The van der Waals surface area contributed by atoms with Crippen molar-refractivity contribution in [3.63, 3.8) is 0 Å². The summed E-state index contributed by atoms with van der Waals surface area (Å²) >= 11 is 0. The van der Waals surface area contributed by atoms with E-state index in [1.54, 1.807) is 0 Å². The third-order valence-corrected chi connectivity index (χ3v) is 3.89. The molecule has 0 saturated heterocycles. The molecule has 2 aromatic carbocycles. The Hall–Kier alpha value is -0.786. The minimum absolute atomic E-state index is 0. The standard InChI is InChI=1S/C13H14OSi.Li.H/c14-15-13(11-7-3-1-4-8-11)12-9-5-2-6-10-12;;/h1-10,13-14H,15H2;;/q;+1;-1. The van der Waals surface area contributed by atoms with E-state index in [2.05, 4.69) is 24.3 Å². The van der Waals surface area contributed by atoms with E-state index in [9.17, 15) is 4.80 Å². The summed E-state index contributed by atoms with van der Waals surface area (Å²) in [6, 6.07) is 20.4. The Bertz CT molecular complexity index is 371. The molecule has 0 aromatic heterocycles. The van der Waals surface area contributed by atoms with E-state index in [-0.39, 0.29) is 25.8 Å². The number of hydrogen-bond acceptors (Lipinski definition) is 1. The molecule has 0 spiro atoms. The fourth-order valence-electron chi connectivity index (χ4n) is 1.77. The monoisotopic (exact) mass is 222 g/mol.